The molecule has 0 aliphatic carbocycles. The van der Waals surface area contributed by atoms with E-state index in [2.05, 4.69) is 22.9 Å². The van der Waals surface area contributed by atoms with E-state index in [0.717, 1.165) is 42.9 Å². The summed E-state index contributed by atoms with van der Waals surface area (Å²) >= 11 is 0. The Hall–Kier alpha value is -1.81. The molecule has 0 bridgehead atoms. The minimum absolute atomic E-state index is 0.0483. The Morgan fingerprint density at radius 2 is 2.00 bits per heavy atom. The standard InChI is InChI=1S/C14H16N2O2/c1-10-2-3-12-11(8-10)13(9-14(17)15-12)16-4-6-18-7-5-16/h2-3,8-9H,4-7H2,1H3,(H,15,17). The molecule has 18 heavy (non-hydrogen) atoms. The van der Waals surface area contributed by atoms with Gasteiger partial charge in [0.2, 0.25) is 5.56 Å². The van der Waals surface area contributed by atoms with E-state index >= 15 is 0 Å². The predicted molar refractivity (Wildman–Crippen MR) is 72.3 cm³/mol. The molecule has 2 heterocycles. The van der Waals surface area contributed by atoms with Crippen molar-refractivity contribution in [2.45, 2.75) is 6.92 Å². The fourth-order valence-corrected chi connectivity index (χ4v) is 2.42. The third-order valence-electron chi connectivity index (χ3n) is 3.33. The van der Waals surface area contributed by atoms with E-state index in [0.29, 0.717) is 0 Å². The molecule has 1 aromatic carbocycles. The normalized spacial score (nSPS) is 16.2. The number of aryl methyl sites for hydroxylation is 1. The number of morpholine rings is 1. The van der Waals surface area contributed by atoms with Crippen LogP contribution >= 0.6 is 0 Å². The monoisotopic (exact) mass is 244 g/mol. The summed E-state index contributed by atoms with van der Waals surface area (Å²) < 4.78 is 5.36. The van der Waals surface area contributed by atoms with Crippen molar-refractivity contribution in [2.24, 2.45) is 0 Å². The van der Waals surface area contributed by atoms with Crippen molar-refractivity contribution < 1.29 is 4.74 Å². The Morgan fingerprint density at radius 1 is 1.22 bits per heavy atom. The highest BCUT2D eigenvalue weighted by molar-refractivity contribution is 5.92. The second-order valence-corrected chi connectivity index (χ2v) is 4.67. The highest BCUT2D eigenvalue weighted by atomic mass is 16.5. The van der Waals surface area contributed by atoms with E-state index in [-0.39, 0.29) is 5.56 Å². The zero-order chi connectivity index (χ0) is 12.5. The first kappa shape index (κ1) is 11.3. The first-order chi connectivity index (χ1) is 8.74. The van der Waals surface area contributed by atoms with Gasteiger partial charge in [0.05, 0.1) is 24.4 Å². The van der Waals surface area contributed by atoms with E-state index in [1.54, 1.807) is 6.07 Å². The Balaban J connectivity index is 2.19. The van der Waals surface area contributed by atoms with Crippen LogP contribution in [0.4, 0.5) is 5.69 Å². The molecule has 1 aliphatic rings. The van der Waals surface area contributed by atoms with Gasteiger partial charge in [-0.25, -0.2) is 0 Å². The highest BCUT2D eigenvalue weighted by Gasteiger charge is 2.14. The van der Waals surface area contributed by atoms with Gasteiger partial charge in [0.25, 0.3) is 0 Å². The number of H-pyrrole nitrogens is 1. The lowest BCUT2D eigenvalue weighted by molar-refractivity contribution is 0.123. The number of aromatic nitrogens is 1. The number of fused-ring (bicyclic) bond motifs is 1. The van der Waals surface area contributed by atoms with Crippen LogP contribution in [0, 0.1) is 6.92 Å². The van der Waals surface area contributed by atoms with Crippen LogP contribution < -0.4 is 10.5 Å². The van der Waals surface area contributed by atoms with E-state index < -0.39 is 0 Å². The van der Waals surface area contributed by atoms with Crippen LogP contribution in [-0.4, -0.2) is 31.3 Å². The van der Waals surface area contributed by atoms with Crippen molar-refractivity contribution in [3.63, 3.8) is 0 Å². The van der Waals surface area contributed by atoms with Crippen LogP contribution in [0.25, 0.3) is 10.9 Å². The number of rotatable bonds is 1. The number of nitrogens with one attached hydrogen (secondary N) is 1. The van der Waals surface area contributed by atoms with Crippen molar-refractivity contribution in [3.8, 4) is 0 Å². The second-order valence-electron chi connectivity index (χ2n) is 4.67. The molecule has 0 unspecified atom stereocenters. The average Bonchev–Trinajstić information content (AvgIpc) is 2.39. The molecule has 0 atom stereocenters. The summed E-state index contributed by atoms with van der Waals surface area (Å²) in [5, 5.41) is 1.11. The van der Waals surface area contributed by atoms with Gasteiger partial charge in [0, 0.05) is 24.5 Å². The van der Waals surface area contributed by atoms with Gasteiger partial charge >= 0.3 is 0 Å². The molecule has 0 saturated carbocycles. The largest absolute Gasteiger partial charge is 0.378 e. The number of nitrogens with zero attached hydrogens (tertiary/aromatic N) is 1. The third kappa shape index (κ3) is 1.99. The molecule has 4 nitrogen and oxygen atoms in total. The summed E-state index contributed by atoms with van der Waals surface area (Å²) in [6.45, 7) is 5.19. The van der Waals surface area contributed by atoms with Crippen LogP contribution in [0.5, 0.6) is 0 Å². The zero-order valence-corrected chi connectivity index (χ0v) is 10.4. The number of hydrogen-bond acceptors (Lipinski definition) is 3. The topological polar surface area (TPSA) is 45.3 Å². The first-order valence-corrected chi connectivity index (χ1v) is 6.20. The Morgan fingerprint density at radius 3 is 2.78 bits per heavy atom. The minimum Gasteiger partial charge on any atom is -0.378 e. The van der Waals surface area contributed by atoms with Crippen LogP contribution in [0.1, 0.15) is 5.56 Å². The smallest absolute Gasteiger partial charge is 0.250 e. The van der Waals surface area contributed by atoms with Crippen molar-refractivity contribution in [1.29, 1.82) is 0 Å². The average molecular weight is 244 g/mol. The van der Waals surface area contributed by atoms with E-state index in [4.69, 9.17) is 4.74 Å². The summed E-state index contributed by atoms with van der Waals surface area (Å²) in [5.41, 5.74) is 3.06. The molecule has 94 valence electrons. The quantitative estimate of drug-likeness (QED) is 0.830. The molecule has 1 fully saturated rings. The molecule has 0 amide bonds. The second kappa shape index (κ2) is 4.46. The molecule has 1 aliphatic heterocycles. The summed E-state index contributed by atoms with van der Waals surface area (Å²) in [6.07, 6.45) is 0. The zero-order valence-electron chi connectivity index (χ0n) is 10.4. The summed E-state index contributed by atoms with van der Waals surface area (Å²) in [4.78, 5) is 16.8. The van der Waals surface area contributed by atoms with Gasteiger partial charge in [-0.2, -0.15) is 0 Å². The number of ether oxygens (including phenoxy) is 1. The van der Waals surface area contributed by atoms with E-state index in [1.165, 1.54) is 5.56 Å². The Kier molecular flexibility index (Phi) is 2.80. The molecule has 0 spiro atoms. The fourth-order valence-electron chi connectivity index (χ4n) is 2.42. The van der Waals surface area contributed by atoms with Crippen LogP contribution in [0.15, 0.2) is 29.1 Å². The molecule has 1 N–H and O–H groups in total. The number of pyridine rings is 1. The van der Waals surface area contributed by atoms with Crippen LogP contribution in [0.2, 0.25) is 0 Å². The van der Waals surface area contributed by atoms with Crippen molar-refractivity contribution in [2.75, 3.05) is 31.2 Å². The lowest BCUT2D eigenvalue weighted by Crippen LogP contribution is -2.36. The summed E-state index contributed by atoms with van der Waals surface area (Å²) in [6, 6.07) is 7.79. The Bertz CT molecular complexity index is 627. The third-order valence-corrected chi connectivity index (χ3v) is 3.33. The Labute approximate surface area is 105 Å². The molecule has 1 saturated heterocycles. The van der Waals surface area contributed by atoms with Gasteiger partial charge in [-0.3, -0.25) is 4.79 Å². The van der Waals surface area contributed by atoms with Crippen molar-refractivity contribution in [3.05, 3.63) is 40.2 Å². The molecule has 2 aromatic rings. The maximum atomic E-state index is 11.7. The highest BCUT2D eigenvalue weighted by Crippen LogP contribution is 2.25. The van der Waals surface area contributed by atoms with Gasteiger partial charge in [0.1, 0.15) is 0 Å². The number of aromatic amines is 1. The first-order valence-electron chi connectivity index (χ1n) is 6.20. The van der Waals surface area contributed by atoms with Gasteiger partial charge < -0.3 is 14.6 Å². The lowest BCUT2D eigenvalue weighted by atomic mass is 10.1. The molecule has 0 radical (unpaired) electrons. The molecule has 4 heteroatoms. The van der Waals surface area contributed by atoms with Crippen molar-refractivity contribution >= 4 is 16.6 Å². The van der Waals surface area contributed by atoms with Gasteiger partial charge in [-0.15, -0.1) is 0 Å². The van der Waals surface area contributed by atoms with E-state index in [1.807, 2.05) is 12.1 Å². The predicted octanol–water partition coefficient (Wildman–Crippen LogP) is 1.67. The minimum atomic E-state index is -0.0483. The maximum absolute atomic E-state index is 11.7. The van der Waals surface area contributed by atoms with Gasteiger partial charge in [-0.1, -0.05) is 11.6 Å². The van der Waals surface area contributed by atoms with Gasteiger partial charge in [-0.05, 0) is 19.1 Å². The fraction of sp³-hybridized carbons (Fsp3) is 0.357. The maximum Gasteiger partial charge on any atom is 0.250 e. The SMILES string of the molecule is Cc1ccc2[nH]c(=O)cc(N3CCOCC3)c2c1. The van der Waals surface area contributed by atoms with Crippen LogP contribution in [0.3, 0.4) is 0 Å². The van der Waals surface area contributed by atoms with Crippen molar-refractivity contribution in [1.82, 2.24) is 4.98 Å². The van der Waals surface area contributed by atoms with Crippen LogP contribution in [-0.2, 0) is 4.74 Å². The van der Waals surface area contributed by atoms with Gasteiger partial charge in [0.15, 0.2) is 0 Å². The summed E-state index contributed by atoms with van der Waals surface area (Å²) in [7, 11) is 0. The summed E-state index contributed by atoms with van der Waals surface area (Å²) in [5.74, 6) is 0. The number of hydrogen-bond donors (Lipinski definition) is 1. The number of anilines is 1. The molecular formula is C14H16N2O2. The molecule has 3 rings (SSSR count). The number of benzene rings is 1. The lowest BCUT2D eigenvalue weighted by Gasteiger charge is -2.29. The molecule has 1 aromatic heterocycles. The molecular weight excluding hydrogens is 228 g/mol. The van der Waals surface area contributed by atoms with E-state index in [9.17, 15) is 4.79 Å².